The van der Waals surface area contributed by atoms with Crippen LogP contribution in [0.4, 0.5) is 0 Å². The van der Waals surface area contributed by atoms with Gasteiger partial charge < -0.3 is 0 Å². The molecule has 0 unspecified atom stereocenters. The second-order valence-corrected chi connectivity index (χ2v) is 4.60. The van der Waals surface area contributed by atoms with Crippen LogP contribution in [-0.4, -0.2) is 15.8 Å². The van der Waals surface area contributed by atoms with Crippen molar-refractivity contribution < 1.29 is 4.79 Å². The standard InChI is InChI=1S/C17H14N2O/c1-2-12-5-3-10-19-16(12)17(20)14-7-8-15-13(11-14)6-4-9-18-15/h3-11H,2H2,1H3. The number of aryl methyl sites for hydroxylation is 1. The van der Waals surface area contributed by atoms with Crippen LogP contribution in [0.1, 0.15) is 28.5 Å². The monoisotopic (exact) mass is 262 g/mol. The zero-order valence-corrected chi connectivity index (χ0v) is 11.2. The summed E-state index contributed by atoms with van der Waals surface area (Å²) in [6.45, 7) is 2.03. The number of carbonyl (C=O) groups excluding carboxylic acids is 1. The highest BCUT2D eigenvalue weighted by atomic mass is 16.1. The van der Waals surface area contributed by atoms with Crippen molar-refractivity contribution in [2.24, 2.45) is 0 Å². The molecule has 0 atom stereocenters. The van der Waals surface area contributed by atoms with Gasteiger partial charge in [0.2, 0.25) is 5.78 Å². The Bertz CT molecular complexity index is 781. The second kappa shape index (κ2) is 5.21. The Hall–Kier alpha value is -2.55. The summed E-state index contributed by atoms with van der Waals surface area (Å²) in [6, 6.07) is 13.2. The maximum absolute atomic E-state index is 12.6. The number of fused-ring (bicyclic) bond motifs is 1. The smallest absolute Gasteiger partial charge is 0.211 e. The van der Waals surface area contributed by atoms with E-state index in [0.717, 1.165) is 22.9 Å². The highest BCUT2D eigenvalue weighted by Gasteiger charge is 2.14. The molecule has 0 radical (unpaired) electrons. The zero-order chi connectivity index (χ0) is 13.9. The average molecular weight is 262 g/mol. The van der Waals surface area contributed by atoms with Crippen LogP contribution in [0.2, 0.25) is 0 Å². The molecule has 0 bridgehead atoms. The molecule has 3 nitrogen and oxygen atoms in total. The van der Waals surface area contributed by atoms with E-state index in [0.29, 0.717) is 11.3 Å². The fourth-order valence-electron chi connectivity index (χ4n) is 2.28. The first-order chi connectivity index (χ1) is 9.79. The topological polar surface area (TPSA) is 42.9 Å². The number of nitrogens with zero attached hydrogens (tertiary/aromatic N) is 2. The van der Waals surface area contributed by atoms with Crippen molar-refractivity contribution in [3.05, 3.63) is 71.7 Å². The molecule has 0 aliphatic carbocycles. The molecule has 3 aromatic rings. The van der Waals surface area contributed by atoms with Gasteiger partial charge in [-0.1, -0.05) is 19.1 Å². The Morgan fingerprint density at radius 2 is 1.85 bits per heavy atom. The van der Waals surface area contributed by atoms with Gasteiger partial charge in [-0.15, -0.1) is 0 Å². The summed E-state index contributed by atoms with van der Waals surface area (Å²) in [5, 5.41) is 0.965. The third-order valence-corrected chi connectivity index (χ3v) is 3.35. The molecule has 98 valence electrons. The molecule has 0 aliphatic rings. The summed E-state index contributed by atoms with van der Waals surface area (Å²) in [5.74, 6) is -0.0341. The molecule has 2 heterocycles. The number of ketones is 1. The van der Waals surface area contributed by atoms with Gasteiger partial charge in [0.15, 0.2) is 0 Å². The first-order valence-corrected chi connectivity index (χ1v) is 6.63. The van der Waals surface area contributed by atoms with Crippen LogP contribution in [0.3, 0.4) is 0 Å². The third kappa shape index (κ3) is 2.18. The van der Waals surface area contributed by atoms with E-state index in [1.165, 1.54) is 0 Å². The largest absolute Gasteiger partial charge is 0.287 e. The molecule has 1 aromatic carbocycles. The van der Waals surface area contributed by atoms with E-state index in [4.69, 9.17) is 0 Å². The summed E-state index contributed by atoms with van der Waals surface area (Å²) in [7, 11) is 0. The second-order valence-electron chi connectivity index (χ2n) is 4.60. The number of benzene rings is 1. The lowest BCUT2D eigenvalue weighted by molar-refractivity contribution is 0.103. The SMILES string of the molecule is CCc1cccnc1C(=O)c1ccc2ncccc2c1. The van der Waals surface area contributed by atoms with E-state index >= 15 is 0 Å². The molecule has 0 saturated heterocycles. The van der Waals surface area contributed by atoms with E-state index in [1.807, 2.05) is 49.4 Å². The van der Waals surface area contributed by atoms with E-state index in [9.17, 15) is 4.79 Å². The van der Waals surface area contributed by atoms with Crippen LogP contribution in [0.15, 0.2) is 54.9 Å². The van der Waals surface area contributed by atoms with Crippen molar-refractivity contribution in [2.75, 3.05) is 0 Å². The van der Waals surface area contributed by atoms with Crippen LogP contribution in [0.25, 0.3) is 10.9 Å². The number of rotatable bonds is 3. The molecular formula is C17H14N2O. The fraction of sp³-hybridized carbons (Fsp3) is 0.118. The van der Waals surface area contributed by atoms with Crippen molar-refractivity contribution >= 4 is 16.7 Å². The molecule has 0 N–H and O–H groups in total. The minimum Gasteiger partial charge on any atom is -0.287 e. The Labute approximate surface area is 117 Å². The third-order valence-electron chi connectivity index (χ3n) is 3.35. The number of pyridine rings is 2. The first-order valence-electron chi connectivity index (χ1n) is 6.63. The molecule has 0 amide bonds. The maximum Gasteiger partial charge on any atom is 0.211 e. The maximum atomic E-state index is 12.6. The van der Waals surface area contributed by atoms with E-state index < -0.39 is 0 Å². The number of hydrogen-bond acceptors (Lipinski definition) is 3. The summed E-state index contributed by atoms with van der Waals surface area (Å²) in [6.07, 6.45) is 4.21. The summed E-state index contributed by atoms with van der Waals surface area (Å²) >= 11 is 0. The molecule has 20 heavy (non-hydrogen) atoms. The Morgan fingerprint density at radius 3 is 2.70 bits per heavy atom. The van der Waals surface area contributed by atoms with Crippen molar-refractivity contribution in [3.63, 3.8) is 0 Å². The lowest BCUT2D eigenvalue weighted by atomic mass is 10.0. The van der Waals surface area contributed by atoms with Gasteiger partial charge in [-0.3, -0.25) is 14.8 Å². The van der Waals surface area contributed by atoms with Gasteiger partial charge in [-0.2, -0.15) is 0 Å². The van der Waals surface area contributed by atoms with Crippen molar-refractivity contribution in [1.82, 2.24) is 9.97 Å². The lowest BCUT2D eigenvalue weighted by Crippen LogP contribution is -2.07. The molecule has 0 fully saturated rings. The van der Waals surface area contributed by atoms with E-state index in [-0.39, 0.29) is 5.78 Å². The van der Waals surface area contributed by atoms with E-state index in [2.05, 4.69) is 9.97 Å². The van der Waals surface area contributed by atoms with Crippen LogP contribution in [0.5, 0.6) is 0 Å². The lowest BCUT2D eigenvalue weighted by Gasteiger charge is -2.06. The van der Waals surface area contributed by atoms with Crippen LogP contribution in [0, 0.1) is 0 Å². The Balaban J connectivity index is 2.08. The molecule has 0 aliphatic heterocycles. The van der Waals surface area contributed by atoms with Crippen LogP contribution < -0.4 is 0 Å². The van der Waals surface area contributed by atoms with Gasteiger partial charge in [0.25, 0.3) is 0 Å². The quantitative estimate of drug-likeness (QED) is 0.679. The van der Waals surface area contributed by atoms with E-state index in [1.54, 1.807) is 12.4 Å². The number of carbonyl (C=O) groups is 1. The average Bonchev–Trinajstić information content (AvgIpc) is 2.53. The normalized spacial score (nSPS) is 10.7. The van der Waals surface area contributed by atoms with Gasteiger partial charge in [0, 0.05) is 23.3 Å². The molecular weight excluding hydrogens is 248 g/mol. The minimum atomic E-state index is -0.0341. The van der Waals surface area contributed by atoms with Crippen molar-refractivity contribution in [3.8, 4) is 0 Å². The van der Waals surface area contributed by atoms with Gasteiger partial charge in [0.05, 0.1) is 5.52 Å². The first kappa shape index (κ1) is 12.5. The number of aromatic nitrogens is 2. The van der Waals surface area contributed by atoms with Gasteiger partial charge in [-0.25, -0.2) is 0 Å². The fourth-order valence-corrected chi connectivity index (χ4v) is 2.28. The van der Waals surface area contributed by atoms with Crippen molar-refractivity contribution in [2.45, 2.75) is 13.3 Å². The molecule has 3 heteroatoms. The van der Waals surface area contributed by atoms with Gasteiger partial charge in [-0.05, 0) is 42.3 Å². The predicted molar refractivity (Wildman–Crippen MR) is 78.8 cm³/mol. The highest BCUT2D eigenvalue weighted by molar-refractivity contribution is 6.10. The van der Waals surface area contributed by atoms with Crippen LogP contribution >= 0.6 is 0 Å². The van der Waals surface area contributed by atoms with Gasteiger partial charge >= 0.3 is 0 Å². The van der Waals surface area contributed by atoms with Crippen LogP contribution in [-0.2, 0) is 6.42 Å². The summed E-state index contributed by atoms with van der Waals surface area (Å²) in [5.41, 5.74) is 3.06. The molecule has 0 spiro atoms. The Morgan fingerprint density at radius 1 is 1.05 bits per heavy atom. The van der Waals surface area contributed by atoms with Gasteiger partial charge in [0.1, 0.15) is 5.69 Å². The Kier molecular flexibility index (Phi) is 3.25. The number of hydrogen-bond donors (Lipinski definition) is 0. The molecule has 0 saturated carbocycles. The molecule has 2 aromatic heterocycles. The predicted octanol–water partition coefficient (Wildman–Crippen LogP) is 3.42. The summed E-state index contributed by atoms with van der Waals surface area (Å²) in [4.78, 5) is 21.1. The van der Waals surface area contributed by atoms with Crippen molar-refractivity contribution in [1.29, 1.82) is 0 Å². The molecule has 3 rings (SSSR count). The zero-order valence-electron chi connectivity index (χ0n) is 11.2. The highest BCUT2D eigenvalue weighted by Crippen LogP contribution is 2.17. The minimum absolute atomic E-state index is 0.0341. The summed E-state index contributed by atoms with van der Waals surface area (Å²) < 4.78 is 0.